The largest absolute Gasteiger partial charge is 0.0888 e. The molecular formula is C10H17Br. The van der Waals surface area contributed by atoms with E-state index in [4.69, 9.17) is 0 Å². The van der Waals surface area contributed by atoms with Crippen molar-refractivity contribution in [1.82, 2.24) is 0 Å². The summed E-state index contributed by atoms with van der Waals surface area (Å²) in [5.41, 5.74) is 0. The standard InChI is InChI=1S/C10H17Br/c11-10-7-3-5-8-4-1-2-6-9(8)10/h8-10H,1-7H2. The number of halogens is 1. The van der Waals surface area contributed by atoms with Crippen LogP contribution in [-0.4, -0.2) is 4.83 Å². The van der Waals surface area contributed by atoms with Crippen molar-refractivity contribution >= 4 is 15.9 Å². The molecule has 0 bridgehead atoms. The molecule has 0 amide bonds. The Bertz CT molecular complexity index is 131. The average molecular weight is 217 g/mol. The predicted molar refractivity (Wildman–Crippen MR) is 52.0 cm³/mol. The molecule has 64 valence electrons. The molecule has 2 fully saturated rings. The lowest BCUT2D eigenvalue weighted by Gasteiger charge is -2.38. The minimum atomic E-state index is 0.863. The summed E-state index contributed by atoms with van der Waals surface area (Å²) < 4.78 is 0. The minimum Gasteiger partial charge on any atom is -0.0888 e. The Balaban J connectivity index is 1.99. The molecule has 0 aromatic heterocycles. The summed E-state index contributed by atoms with van der Waals surface area (Å²) >= 11 is 3.83. The summed E-state index contributed by atoms with van der Waals surface area (Å²) in [6, 6.07) is 0. The summed E-state index contributed by atoms with van der Waals surface area (Å²) in [6.45, 7) is 0. The Morgan fingerprint density at radius 1 is 0.818 bits per heavy atom. The van der Waals surface area contributed by atoms with Crippen LogP contribution in [-0.2, 0) is 0 Å². The van der Waals surface area contributed by atoms with Gasteiger partial charge in [0, 0.05) is 4.83 Å². The summed E-state index contributed by atoms with van der Waals surface area (Å²) in [4.78, 5) is 0.863. The van der Waals surface area contributed by atoms with Crippen LogP contribution in [0.3, 0.4) is 0 Å². The molecule has 0 heterocycles. The van der Waals surface area contributed by atoms with E-state index in [1.54, 1.807) is 0 Å². The first kappa shape index (κ1) is 8.10. The van der Waals surface area contributed by atoms with Crippen LogP contribution in [0.15, 0.2) is 0 Å². The molecule has 2 saturated carbocycles. The highest BCUT2D eigenvalue weighted by molar-refractivity contribution is 9.09. The smallest absolute Gasteiger partial charge is 0.0176 e. The van der Waals surface area contributed by atoms with E-state index in [0.29, 0.717) is 0 Å². The van der Waals surface area contributed by atoms with Gasteiger partial charge in [-0.3, -0.25) is 0 Å². The zero-order valence-electron chi connectivity index (χ0n) is 7.06. The lowest BCUT2D eigenvalue weighted by atomic mass is 9.71. The Hall–Kier alpha value is 0.480. The molecule has 0 nitrogen and oxygen atoms in total. The van der Waals surface area contributed by atoms with Gasteiger partial charge >= 0.3 is 0 Å². The van der Waals surface area contributed by atoms with Crippen LogP contribution in [0.25, 0.3) is 0 Å². The summed E-state index contributed by atoms with van der Waals surface area (Å²) in [6.07, 6.45) is 10.4. The van der Waals surface area contributed by atoms with Crippen LogP contribution in [0.1, 0.15) is 44.9 Å². The van der Waals surface area contributed by atoms with Gasteiger partial charge in [-0.05, 0) is 24.7 Å². The normalized spacial score (nSPS) is 45.0. The number of hydrogen-bond donors (Lipinski definition) is 0. The van der Waals surface area contributed by atoms with Crippen molar-refractivity contribution in [2.75, 3.05) is 0 Å². The lowest BCUT2D eigenvalue weighted by Crippen LogP contribution is -2.31. The van der Waals surface area contributed by atoms with Crippen LogP contribution in [0.2, 0.25) is 0 Å². The van der Waals surface area contributed by atoms with Gasteiger partial charge in [0.05, 0.1) is 0 Å². The molecule has 0 aromatic rings. The third-order valence-corrected chi connectivity index (χ3v) is 4.62. The third-order valence-electron chi connectivity index (χ3n) is 3.49. The SMILES string of the molecule is BrC1CCCC2CCCCC12. The molecule has 2 rings (SSSR count). The van der Waals surface area contributed by atoms with Crippen molar-refractivity contribution in [2.24, 2.45) is 11.8 Å². The fourth-order valence-corrected chi connectivity index (χ4v) is 3.88. The van der Waals surface area contributed by atoms with Crippen molar-refractivity contribution in [3.8, 4) is 0 Å². The van der Waals surface area contributed by atoms with Crippen molar-refractivity contribution in [1.29, 1.82) is 0 Å². The molecule has 0 aromatic carbocycles. The number of fused-ring (bicyclic) bond motifs is 1. The maximum atomic E-state index is 3.83. The fraction of sp³-hybridized carbons (Fsp3) is 1.00. The van der Waals surface area contributed by atoms with Gasteiger partial charge in [0.25, 0.3) is 0 Å². The van der Waals surface area contributed by atoms with Gasteiger partial charge in [0.1, 0.15) is 0 Å². The van der Waals surface area contributed by atoms with E-state index in [0.717, 1.165) is 16.7 Å². The highest BCUT2D eigenvalue weighted by Crippen LogP contribution is 2.43. The predicted octanol–water partition coefficient (Wildman–Crippen LogP) is 3.74. The molecule has 3 atom stereocenters. The van der Waals surface area contributed by atoms with E-state index < -0.39 is 0 Å². The first-order valence-corrected chi connectivity index (χ1v) is 5.93. The van der Waals surface area contributed by atoms with Gasteiger partial charge in [0.2, 0.25) is 0 Å². The molecule has 0 spiro atoms. The Morgan fingerprint density at radius 3 is 2.36 bits per heavy atom. The zero-order valence-corrected chi connectivity index (χ0v) is 8.65. The van der Waals surface area contributed by atoms with Crippen LogP contribution < -0.4 is 0 Å². The van der Waals surface area contributed by atoms with E-state index in [2.05, 4.69) is 15.9 Å². The van der Waals surface area contributed by atoms with Gasteiger partial charge in [-0.1, -0.05) is 48.0 Å². The van der Waals surface area contributed by atoms with Crippen molar-refractivity contribution in [3.63, 3.8) is 0 Å². The molecule has 3 unspecified atom stereocenters. The molecule has 0 aliphatic heterocycles. The van der Waals surface area contributed by atoms with Crippen LogP contribution in [0, 0.1) is 11.8 Å². The number of rotatable bonds is 0. The van der Waals surface area contributed by atoms with Gasteiger partial charge in [-0.15, -0.1) is 0 Å². The van der Waals surface area contributed by atoms with Crippen molar-refractivity contribution in [2.45, 2.75) is 49.8 Å². The van der Waals surface area contributed by atoms with Gasteiger partial charge in [-0.25, -0.2) is 0 Å². The van der Waals surface area contributed by atoms with E-state index in [1.165, 1.54) is 44.9 Å². The Morgan fingerprint density at radius 2 is 1.55 bits per heavy atom. The van der Waals surface area contributed by atoms with E-state index in [9.17, 15) is 0 Å². The van der Waals surface area contributed by atoms with E-state index >= 15 is 0 Å². The molecule has 2 aliphatic carbocycles. The molecule has 2 aliphatic rings. The highest BCUT2D eigenvalue weighted by Gasteiger charge is 2.32. The van der Waals surface area contributed by atoms with Crippen LogP contribution in [0.4, 0.5) is 0 Å². The Labute approximate surface area is 77.9 Å². The second kappa shape index (κ2) is 3.47. The Kier molecular flexibility index (Phi) is 2.55. The third kappa shape index (κ3) is 1.63. The fourth-order valence-electron chi connectivity index (χ4n) is 2.86. The first-order valence-electron chi connectivity index (χ1n) is 5.02. The molecule has 11 heavy (non-hydrogen) atoms. The average Bonchev–Trinajstić information content (AvgIpc) is 2.06. The van der Waals surface area contributed by atoms with Gasteiger partial charge in [0.15, 0.2) is 0 Å². The topological polar surface area (TPSA) is 0 Å². The summed E-state index contributed by atoms with van der Waals surface area (Å²) in [5.74, 6) is 2.12. The zero-order chi connectivity index (χ0) is 7.68. The maximum absolute atomic E-state index is 3.83. The molecule has 0 radical (unpaired) electrons. The second-order valence-electron chi connectivity index (χ2n) is 4.16. The minimum absolute atomic E-state index is 0.863. The number of alkyl halides is 1. The molecule has 0 N–H and O–H groups in total. The highest BCUT2D eigenvalue weighted by atomic mass is 79.9. The monoisotopic (exact) mass is 216 g/mol. The van der Waals surface area contributed by atoms with Gasteiger partial charge < -0.3 is 0 Å². The van der Waals surface area contributed by atoms with E-state index in [-0.39, 0.29) is 0 Å². The van der Waals surface area contributed by atoms with Crippen molar-refractivity contribution < 1.29 is 0 Å². The maximum Gasteiger partial charge on any atom is 0.0176 e. The lowest BCUT2D eigenvalue weighted by molar-refractivity contribution is 0.181. The summed E-state index contributed by atoms with van der Waals surface area (Å²) in [7, 11) is 0. The molecule has 0 saturated heterocycles. The first-order chi connectivity index (χ1) is 5.38. The van der Waals surface area contributed by atoms with Crippen molar-refractivity contribution in [3.05, 3.63) is 0 Å². The number of hydrogen-bond acceptors (Lipinski definition) is 0. The molecule has 1 heteroatoms. The second-order valence-corrected chi connectivity index (χ2v) is 5.33. The van der Waals surface area contributed by atoms with Crippen LogP contribution >= 0.6 is 15.9 Å². The van der Waals surface area contributed by atoms with E-state index in [1.807, 2.05) is 0 Å². The van der Waals surface area contributed by atoms with Crippen LogP contribution in [0.5, 0.6) is 0 Å². The quantitative estimate of drug-likeness (QED) is 0.542. The van der Waals surface area contributed by atoms with Gasteiger partial charge in [-0.2, -0.15) is 0 Å². The molecular weight excluding hydrogens is 200 g/mol. The summed E-state index contributed by atoms with van der Waals surface area (Å²) in [5, 5.41) is 0.